The summed E-state index contributed by atoms with van der Waals surface area (Å²) in [4.78, 5) is 21.2. The standard InChI is InChI=1S/C21H18N2O7S/c24-21(25)14-22(31(28,29)20-8-4-7-18(13-20)23(26)27)17-9-11-19(12-10-17)30-15-16-5-2-1-3-6-16/h1-13H,14-15H2,(H,24,25). The SMILES string of the molecule is O=C(O)CN(c1ccc(OCc2ccccc2)cc1)S(=O)(=O)c1cccc([N+](=O)[O-])c1. The minimum absolute atomic E-state index is 0.0842. The third kappa shape index (κ3) is 5.37. The Morgan fingerprint density at radius 3 is 2.29 bits per heavy atom. The number of nitro groups is 1. The molecule has 0 aliphatic carbocycles. The lowest BCUT2D eigenvalue weighted by Gasteiger charge is -2.23. The molecule has 0 spiro atoms. The van der Waals surface area contributed by atoms with Crippen LogP contribution in [-0.2, 0) is 21.4 Å². The Morgan fingerprint density at radius 2 is 1.68 bits per heavy atom. The van der Waals surface area contributed by atoms with Crippen LogP contribution < -0.4 is 9.04 Å². The molecule has 0 saturated carbocycles. The van der Waals surface area contributed by atoms with Crippen molar-refractivity contribution < 1.29 is 28.0 Å². The summed E-state index contributed by atoms with van der Waals surface area (Å²) in [6, 6.07) is 19.8. The second-order valence-corrected chi connectivity index (χ2v) is 8.29. The number of hydrogen-bond acceptors (Lipinski definition) is 6. The Kier molecular flexibility index (Phi) is 6.51. The monoisotopic (exact) mass is 442 g/mol. The summed E-state index contributed by atoms with van der Waals surface area (Å²) >= 11 is 0. The molecular formula is C21H18N2O7S. The van der Waals surface area contributed by atoms with E-state index in [4.69, 9.17) is 4.74 Å². The fraction of sp³-hybridized carbons (Fsp3) is 0.0952. The van der Waals surface area contributed by atoms with Gasteiger partial charge in [0.2, 0.25) is 0 Å². The Hall–Kier alpha value is -3.92. The van der Waals surface area contributed by atoms with Crippen molar-refractivity contribution >= 4 is 27.4 Å². The summed E-state index contributed by atoms with van der Waals surface area (Å²) < 4.78 is 32.4. The van der Waals surface area contributed by atoms with Crippen molar-refractivity contribution in [2.75, 3.05) is 10.8 Å². The van der Waals surface area contributed by atoms with Crippen LogP contribution in [0.3, 0.4) is 0 Å². The minimum atomic E-state index is -4.37. The lowest BCUT2D eigenvalue weighted by Crippen LogP contribution is -2.35. The number of nitrogens with zero attached hydrogens (tertiary/aromatic N) is 2. The molecule has 3 aromatic rings. The summed E-state index contributed by atoms with van der Waals surface area (Å²) in [5.41, 5.74) is 0.620. The molecular weight excluding hydrogens is 424 g/mol. The maximum absolute atomic E-state index is 13.0. The highest BCUT2D eigenvalue weighted by Crippen LogP contribution is 2.27. The molecule has 31 heavy (non-hydrogen) atoms. The largest absolute Gasteiger partial charge is 0.489 e. The fourth-order valence-corrected chi connectivity index (χ4v) is 4.23. The van der Waals surface area contributed by atoms with Gasteiger partial charge in [0.05, 0.1) is 15.5 Å². The maximum Gasteiger partial charge on any atom is 0.324 e. The van der Waals surface area contributed by atoms with E-state index in [0.717, 1.165) is 17.7 Å². The van der Waals surface area contributed by atoms with Crippen molar-refractivity contribution in [3.05, 3.63) is 94.5 Å². The second-order valence-electron chi connectivity index (χ2n) is 6.43. The fourth-order valence-electron chi connectivity index (χ4n) is 2.77. The highest BCUT2D eigenvalue weighted by molar-refractivity contribution is 7.92. The number of hydrogen-bond donors (Lipinski definition) is 1. The van der Waals surface area contributed by atoms with Crippen molar-refractivity contribution in [3.8, 4) is 5.75 Å². The first-order valence-corrected chi connectivity index (χ1v) is 10.5. The number of anilines is 1. The molecule has 3 aromatic carbocycles. The molecule has 0 radical (unpaired) electrons. The van der Waals surface area contributed by atoms with Crippen LogP contribution in [-0.4, -0.2) is 31.0 Å². The highest BCUT2D eigenvalue weighted by Gasteiger charge is 2.28. The number of ether oxygens (including phenoxy) is 1. The quantitative estimate of drug-likeness (QED) is 0.397. The normalized spacial score (nSPS) is 11.0. The zero-order valence-electron chi connectivity index (χ0n) is 16.1. The van der Waals surface area contributed by atoms with Crippen LogP contribution in [0, 0.1) is 10.1 Å². The number of nitro benzene ring substituents is 1. The molecule has 0 aliphatic heterocycles. The summed E-state index contributed by atoms with van der Waals surface area (Å²) in [6.45, 7) is -0.541. The van der Waals surface area contributed by atoms with Crippen molar-refractivity contribution in [1.29, 1.82) is 0 Å². The Labute approximate surface area is 178 Å². The van der Waals surface area contributed by atoms with Gasteiger partial charge in [-0.1, -0.05) is 36.4 Å². The average molecular weight is 442 g/mol. The van der Waals surface area contributed by atoms with E-state index >= 15 is 0 Å². The summed E-state index contributed by atoms with van der Waals surface area (Å²) in [7, 11) is -4.37. The first kappa shape index (κ1) is 21.8. The predicted octanol–water partition coefficient (Wildman–Crippen LogP) is 3.45. The van der Waals surface area contributed by atoms with Gasteiger partial charge in [-0.25, -0.2) is 8.42 Å². The third-order valence-corrected chi connectivity index (χ3v) is 6.04. The summed E-state index contributed by atoms with van der Waals surface area (Å²) in [5, 5.41) is 20.2. The van der Waals surface area contributed by atoms with E-state index in [2.05, 4.69) is 0 Å². The molecule has 10 heteroatoms. The van der Waals surface area contributed by atoms with Crippen LogP contribution in [0.25, 0.3) is 0 Å². The number of aliphatic carboxylic acids is 1. The molecule has 0 heterocycles. The van der Waals surface area contributed by atoms with Gasteiger partial charge in [0.15, 0.2) is 0 Å². The molecule has 0 aliphatic rings. The maximum atomic E-state index is 13.0. The molecule has 3 rings (SSSR count). The van der Waals surface area contributed by atoms with Crippen LogP contribution in [0.1, 0.15) is 5.56 Å². The lowest BCUT2D eigenvalue weighted by atomic mass is 10.2. The topological polar surface area (TPSA) is 127 Å². The van der Waals surface area contributed by atoms with E-state index in [9.17, 15) is 28.4 Å². The Bertz CT molecular complexity index is 1180. The van der Waals surface area contributed by atoms with Crippen LogP contribution in [0.4, 0.5) is 11.4 Å². The number of carboxylic acid groups (broad SMARTS) is 1. The van der Waals surface area contributed by atoms with Gasteiger partial charge in [-0.05, 0) is 35.9 Å². The van der Waals surface area contributed by atoms with E-state index in [1.54, 1.807) is 0 Å². The van der Waals surface area contributed by atoms with Gasteiger partial charge in [0.1, 0.15) is 18.9 Å². The Morgan fingerprint density at radius 1 is 1.00 bits per heavy atom. The first-order chi connectivity index (χ1) is 14.8. The van der Waals surface area contributed by atoms with Gasteiger partial charge in [-0.15, -0.1) is 0 Å². The second kappa shape index (κ2) is 9.26. The number of non-ortho nitro benzene ring substituents is 1. The smallest absolute Gasteiger partial charge is 0.324 e. The van der Waals surface area contributed by atoms with E-state index in [0.29, 0.717) is 16.7 Å². The van der Waals surface area contributed by atoms with Crippen molar-refractivity contribution in [2.24, 2.45) is 0 Å². The summed E-state index contributed by atoms with van der Waals surface area (Å²) in [6.07, 6.45) is 0. The number of carboxylic acids is 1. The van der Waals surface area contributed by atoms with E-state index in [1.807, 2.05) is 30.3 Å². The van der Waals surface area contributed by atoms with Crippen molar-refractivity contribution in [3.63, 3.8) is 0 Å². The van der Waals surface area contributed by atoms with Crippen molar-refractivity contribution in [2.45, 2.75) is 11.5 Å². The molecule has 1 N–H and O–H groups in total. The minimum Gasteiger partial charge on any atom is -0.489 e. The van der Waals surface area contributed by atoms with E-state index in [1.165, 1.54) is 36.4 Å². The Balaban J connectivity index is 1.87. The van der Waals surface area contributed by atoms with Gasteiger partial charge in [-0.3, -0.25) is 19.2 Å². The van der Waals surface area contributed by atoms with Crippen LogP contribution in [0.2, 0.25) is 0 Å². The van der Waals surface area contributed by atoms with E-state index < -0.39 is 33.1 Å². The van der Waals surface area contributed by atoms with Crippen LogP contribution >= 0.6 is 0 Å². The molecule has 0 bridgehead atoms. The number of carbonyl (C=O) groups is 1. The molecule has 160 valence electrons. The summed E-state index contributed by atoms with van der Waals surface area (Å²) in [5.74, 6) is -0.908. The zero-order chi connectivity index (χ0) is 22.4. The lowest BCUT2D eigenvalue weighted by molar-refractivity contribution is -0.385. The predicted molar refractivity (Wildman–Crippen MR) is 112 cm³/mol. The van der Waals surface area contributed by atoms with Gasteiger partial charge in [-0.2, -0.15) is 0 Å². The first-order valence-electron chi connectivity index (χ1n) is 9.03. The molecule has 0 saturated heterocycles. The van der Waals surface area contributed by atoms with E-state index in [-0.39, 0.29) is 10.6 Å². The molecule has 0 aromatic heterocycles. The molecule has 0 fully saturated rings. The van der Waals surface area contributed by atoms with Crippen molar-refractivity contribution in [1.82, 2.24) is 0 Å². The van der Waals surface area contributed by atoms with Crippen LogP contribution in [0.15, 0.2) is 83.8 Å². The third-order valence-electron chi connectivity index (χ3n) is 4.27. The zero-order valence-corrected chi connectivity index (χ0v) is 16.9. The number of sulfonamides is 1. The number of rotatable bonds is 9. The highest BCUT2D eigenvalue weighted by atomic mass is 32.2. The number of benzene rings is 3. The molecule has 0 amide bonds. The van der Waals surface area contributed by atoms with Gasteiger partial charge in [0.25, 0.3) is 15.7 Å². The molecule has 9 nitrogen and oxygen atoms in total. The van der Waals surface area contributed by atoms with Gasteiger partial charge < -0.3 is 9.84 Å². The molecule has 0 unspecified atom stereocenters. The van der Waals surface area contributed by atoms with Gasteiger partial charge >= 0.3 is 5.97 Å². The van der Waals surface area contributed by atoms with Gasteiger partial charge in [0, 0.05) is 12.1 Å². The molecule has 0 atom stereocenters. The average Bonchev–Trinajstić information content (AvgIpc) is 2.77. The van der Waals surface area contributed by atoms with Crippen LogP contribution in [0.5, 0.6) is 5.75 Å².